The van der Waals surface area contributed by atoms with Gasteiger partial charge in [0.1, 0.15) is 18.2 Å². The maximum atomic E-state index is 14.1. The summed E-state index contributed by atoms with van der Waals surface area (Å²) in [5.41, 5.74) is 3.23. The molecule has 8 nitrogen and oxygen atoms in total. The van der Waals surface area contributed by atoms with Crippen LogP contribution in [0.15, 0.2) is 59.4 Å². The zero-order valence-corrected chi connectivity index (χ0v) is 19.1. The lowest BCUT2D eigenvalue weighted by Crippen LogP contribution is -2.50. The first-order chi connectivity index (χ1) is 16.4. The zero-order chi connectivity index (χ0) is 23.8. The van der Waals surface area contributed by atoms with E-state index in [2.05, 4.69) is 10.1 Å². The Morgan fingerprint density at radius 3 is 2.41 bits per heavy atom. The second kappa shape index (κ2) is 8.74. The predicted molar refractivity (Wildman–Crippen MR) is 127 cm³/mol. The molecule has 3 heterocycles. The Labute approximate surface area is 195 Å². The van der Waals surface area contributed by atoms with E-state index < -0.39 is 5.69 Å². The lowest BCUT2D eigenvalue weighted by Gasteiger charge is -2.36. The largest absolute Gasteiger partial charge is 0.366 e. The van der Waals surface area contributed by atoms with E-state index in [1.165, 1.54) is 15.1 Å². The first-order valence-corrected chi connectivity index (χ1v) is 11.2. The van der Waals surface area contributed by atoms with E-state index in [-0.39, 0.29) is 18.3 Å². The van der Waals surface area contributed by atoms with Crippen LogP contribution in [0.1, 0.15) is 11.3 Å². The van der Waals surface area contributed by atoms with Crippen LogP contribution in [0, 0.1) is 19.7 Å². The second-order valence-corrected chi connectivity index (χ2v) is 8.54. The number of anilines is 1. The fourth-order valence-electron chi connectivity index (χ4n) is 4.29. The van der Waals surface area contributed by atoms with Gasteiger partial charge in [-0.05, 0) is 26.0 Å². The molecule has 4 aromatic rings. The molecule has 174 valence electrons. The second-order valence-electron chi connectivity index (χ2n) is 8.54. The third-order valence-electron chi connectivity index (χ3n) is 6.12. The molecule has 1 saturated heterocycles. The van der Waals surface area contributed by atoms with Crippen molar-refractivity contribution in [1.29, 1.82) is 0 Å². The molecule has 9 heteroatoms. The van der Waals surface area contributed by atoms with Crippen LogP contribution in [0.4, 0.5) is 10.1 Å². The van der Waals surface area contributed by atoms with Gasteiger partial charge in [-0.2, -0.15) is 0 Å². The monoisotopic (exact) mass is 460 g/mol. The highest BCUT2D eigenvalue weighted by molar-refractivity contribution is 5.76. The number of para-hydroxylation sites is 1. The van der Waals surface area contributed by atoms with Crippen LogP contribution >= 0.6 is 0 Å². The zero-order valence-electron chi connectivity index (χ0n) is 19.1. The van der Waals surface area contributed by atoms with Crippen molar-refractivity contribution in [1.82, 2.24) is 24.1 Å². The average molecular weight is 461 g/mol. The van der Waals surface area contributed by atoms with Gasteiger partial charge in [0.25, 0.3) is 0 Å². The summed E-state index contributed by atoms with van der Waals surface area (Å²) in [6, 6.07) is 16.1. The van der Waals surface area contributed by atoms with Gasteiger partial charge in [0.15, 0.2) is 5.65 Å². The molecule has 0 atom stereocenters. The molecule has 34 heavy (non-hydrogen) atoms. The Morgan fingerprint density at radius 2 is 1.71 bits per heavy atom. The molecule has 5 rings (SSSR count). The molecule has 1 aliphatic heterocycles. The third-order valence-corrected chi connectivity index (χ3v) is 6.12. The van der Waals surface area contributed by atoms with E-state index in [9.17, 15) is 14.0 Å². The maximum Gasteiger partial charge on any atom is 0.352 e. The number of hydrogen-bond acceptors (Lipinski definition) is 5. The topological polar surface area (TPSA) is 75.7 Å². The Balaban J connectivity index is 1.36. The van der Waals surface area contributed by atoms with E-state index >= 15 is 0 Å². The first kappa shape index (κ1) is 21.8. The minimum atomic E-state index is -0.406. The predicted octanol–water partition coefficient (Wildman–Crippen LogP) is 2.66. The quantitative estimate of drug-likeness (QED) is 0.468. The summed E-state index contributed by atoms with van der Waals surface area (Å²) < 4.78 is 16.7. The standard InChI is InChI=1S/C25H25FN6O2/c1-17-7-9-19(10-8-17)24-27-18(2)15-22-28-31(25(34)32(22)24)16-23(33)30-13-11-29(12-14-30)21-6-4-3-5-20(21)26/h3-10,15H,11-14,16H2,1-2H3. The molecular weight excluding hydrogens is 435 g/mol. The van der Waals surface area contributed by atoms with Crippen molar-refractivity contribution in [3.8, 4) is 11.4 Å². The molecular formula is C25H25FN6O2. The number of fused-ring (bicyclic) bond motifs is 1. The number of carbonyl (C=O) groups is 1. The van der Waals surface area contributed by atoms with Crippen molar-refractivity contribution < 1.29 is 9.18 Å². The van der Waals surface area contributed by atoms with Crippen LogP contribution in [0.3, 0.4) is 0 Å². The van der Waals surface area contributed by atoms with Gasteiger partial charge in [-0.15, -0.1) is 5.10 Å². The Kier molecular flexibility index (Phi) is 5.61. The molecule has 0 saturated carbocycles. The minimum absolute atomic E-state index is 0.160. The smallest absolute Gasteiger partial charge is 0.352 e. The van der Waals surface area contributed by atoms with Crippen LogP contribution in [0.5, 0.6) is 0 Å². The highest BCUT2D eigenvalue weighted by Gasteiger charge is 2.24. The number of nitrogens with zero attached hydrogens (tertiary/aromatic N) is 6. The SMILES string of the molecule is Cc1ccc(-c2nc(C)cc3nn(CC(=O)N4CCN(c5ccccc5F)CC4)c(=O)n23)cc1. The molecule has 0 spiro atoms. The molecule has 1 fully saturated rings. The Hall–Kier alpha value is -4.01. The van der Waals surface area contributed by atoms with Crippen LogP contribution in [-0.2, 0) is 11.3 Å². The number of benzene rings is 2. The summed E-state index contributed by atoms with van der Waals surface area (Å²) in [5, 5.41) is 4.41. The van der Waals surface area contributed by atoms with Crippen molar-refractivity contribution >= 4 is 17.2 Å². The van der Waals surface area contributed by atoms with Gasteiger partial charge in [0, 0.05) is 43.5 Å². The summed E-state index contributed by atoms with van der Waals surface area (Å²) in [5.74, 6) is 0.0317. The first-order valence-electron chi connectivity index (χ1n) is 11.2. The summed E-state index contributed by atoms with van der Waals surface area (Å²) in [4.78, 5) is 34.4. The van der Waals surface area contributed by atoms with E-state index in [1.54, 1.807) is 29.2 Å². The number of halogens is 1. The summed E-state index contributed by atoms with van der Waals surface area (Å²) in [7, 11) is 0. The van der Waals surface area contributed by atoms with Crippen molar-refractivity contribution in [2.45, 2.75) is 20.4 Å². The minimum Gasteiger partial charge on any atom is -0.366 e. The van der Waals surface area contributed by atoms with Gasteiger partial charge < -0.3 is 9.80 Å². The van der Waals surface area contributed by atoms with Gasteiger partial charge in [-0.3, -0.25) is 4.79 Å². The number of hydrogen-bond donors (Lipinski definition) is 0. The van der Waals surface area contributed by atoms with Gasteiger partial charge in [-0.25, -0.2) is 23.3 Å². The van der Waals surface area contributed by atoms with Crippen molar-refractivity contribution in [3.63, 3.8) is 0 Å². The van der Waals surface area contributed by atoms with Crippen LogP contribution in [0.2, 0.25) is 0 Å². The lowest BCUT2D eigenvalue weighted by atomic mass is 10.1. The number of aryl methyl sites for hydroxylation is 2. The number of amides is 1. The van der Waals surface area contributed by atoms with E-state index in [4.69, 9.17) is 0 Å². The number of carbonyl (C=O) groups excluding carboxylic acids is 1. The van der Waals surface area contributed by atoms with E-state index in [1.807, 2.05) is 43.0 Å². The van der Waals surface area contributed by atoms with Gasteiger partial charge in [0.05, 0.1) is 5.69 Å². The number of aromatic nitrogens is 4. The molecule has 0 bridgehead atoms. The summed E-state index contributed by atoms with van der Waals surface area (Å²) >= 11 is 0. The Morgan fingerprint density at radius 1 is 1.00 bits per heavy atom. The van der Waals surface area contributed by atoms with Crippen LogP contribution < -0.4 is 10.6 Å². The van der Waals surface area contributed by atoms with Gasteiger partial charge >= 0.3 is 5.69 Å². The molecule has 2 aromatic carbocycles. The van der Waals surface area contributed by atoms with Gasteiger partial charge in [-0.1, -0.05) is 42.0 Å². The highest BCUT2D eigenvalue weighted by Crippen LogP contribution is 2.21. The fraction of sp³-hybridized carbons (Fsp3) is 0.280. The fourth-order valence-corrected chi connectivity index (χ4v) is 4.29. The molecule has 1 aliphatic rings. The highest BCUT2D eigenvalue weighted by atomic mass is 19.1. The van der Waals surface area contributed by atoms with Crippen LogP contribution in [-0.4, -0.2) is 56.2 Å². The Bertz CT molecular complexity index is 1420. The van der Waals surface area contributed by atoms with Crippen LogP contribution in [0.25, 0.3) is 17.0 Å². The number of piperazine rings is 1. The maximum absolute atomic E-state index is 14.1. The molecule has 0 aliphatic carbocycles. The average Bonchev–Trinajstić information content (AvgIpc) is 3.14. The third kappa shape index (κ3) is 4.05. The number of rotatable bonds is 4. The van der Waals surface area contributed by atoms with Crippen molar-refractivity contribution in [2.24, 2.45) is 0 Å². The van der Waals surface area contributed by atoms with Gasteiger partial charge in [0.2, 0.25) is 5.91 Å². The summed E-state index contributed by atoms with van der Waals surface area (Å²) in [6.07, 6.45) is 0. The lowest BCUT2D eigenvalue weighted by molar-refractivity contribution is -0.132. The molecule has 0 unspecified atom stereocenters. The van der Waals surface area contributed by atoms with E-state index in [0.29, 0.717) is 43.3 Å². The molecule has 2 aromatic heterocycles. The molecule has 0 radical (unpaired) electrons. The van der Waals surface area contributed by atoms with E-state index in [0.717, 1.165) is 16.8 Å². The molecule has 1 amide bonds. The van der Waals surface area contributed by atoms with Crippen molar-refractivity contribution in [2.75, 3.05) is 31.1 Å². The molecule has 0 N–H and O–H groups in total. The summed E-state index contributed by atoms with van der Waals surface area (Å²) in [6.45, 7) is 5.62. The van der Waals surface area contributed by atoms with Crippen molar-refractivity contribution in [3.05, 3.63) is 82.2 Å². The normalized spacial score (nSPS) is 14.1.